The molecule has 1 aliphatic heterocycles. The molecular formula is C19H22ClNO. The van der Waals surface area contributed by atoms with Crippen molar-refractivity contribution in [2.24, 2.45) is 0 Å². The van der Waals surface area contributed by atoms with Gasteiger partial charge in [0, 0.05) is 31.8 Å². The van der Waals surface area contributed by atoms with Crippen LogP contribution >= 0.6 is 11.6 Å². The molecule has 0 saturated carbocycles. The number of methoxy groups -OCH3 is 1. The fourth-order valence-electron chi connectivity index (χ4n) is 3.11. The number of nitrogens with zero attached hydrogens (tertiary/aromatic N) is 1. The zero-order valence-corrected chi connectivity index (χ0v) is 13.7. The second-order valence-corrected chi connectivity index (χ2v) is 6.31. The van der Waals surface area contributed by atoms with Crippen molar-refractivity contribution >= 4 is 11.6 Å². The summed E-state index contributed by atoms with van der Waals surface area (Å²) in [4.78, 5) is 2.52. The van der Waals surface area contributed by atoms with Crippen LogP contribution in [0.15, 0.2) is 48.5 Å². The van der Waals surface area contributed by atoms with Crippen molar-refractivity contribution in [2.45, 2.75) is 25.5 Å². The Morgan fingerprint density at radius 3 is 2.41 bits per heavy atom. The monoisotopic (exact) mass is 315 g/mol. The van der Waals surface area contributed by atoms with Crippen molar-refractivity contribution in [3.05, 3.63) is 59.1 Å². The molecule has 1 heterocycles. The van der Waals surface area contributed by atoms with Gasteiger partial charge in [0.25, 0.3) is 0 Å². The molecule has 1 aliphatic rings. The van der Waals surface area contributed by atoms with E-state index in [1.54, 1.807) is 0 Å². The first-order chi connectivity index (χ1) is 10.8. The van der Waals surface area contributed by atoms with Crippen molar-refractivity contribution in [3.63, 3.8) is 0 Å². The number of likely N-dealkylation sites (tertiary alicyclic amines) is 1. The Morgan fingerprint density at radius 2 is 1.73 bits per heavy atom. The molecule has 2 aromatic rings. The molecule has 1 fully saturated rings. The predicted octanol–water partition coefficient (Wildman–Crippen LogP) is 4.62. The van der Waals surface area contributed by atoms with Gasteiger partial charge >= 0.3 is 0 Å². The second kappa shape index (κ2) is 7.28. The van der Waals surface area contributed by atoms with E-state index in [0.717, 1.165) is 37.5 Å². The standard InChI is InChI=1S/C19H22ClNO/c1-22-18-10-12-21(13-11-18)14-16-4-2-3-5-19(16)15-6-8-17(20)9-7-15/h2-9,18H,10-14H2,1H3. The minimum Gasteiger partial charge on any atom is -0.381 e. The van der Waals surface area contributed by atoms with E-state index >= 15 is 0 Å². The van der Waals surface area contributed by atoms with E-state index < -0.39 is 0 Å². The van der Waals surface area contributed by atoms with Crippen LogP contribution in [0.2, 0.25) is 5.02 Å². The van der Waals surface area contributed by atoms with Gasteiger partial charge < -0.3 is 4.74 Å². The highest BCUT2D eigenvalue weighted by Gasteiger charge is 2.19. The maximum Gasteiger partial charge on any atom is 0.0595 e. The Labute approximate surface area is 137 Å². The maximum atomic E-state index is 6.00. The summed E-state index contributed by atoms with van der Waals surface area (Å²) in [6.07, 6.45) is 2.68. The average molecular weight is 316 g/mol. The van der Waals surface area contributed by atoms with Gasteiger partial charge in [-0.2, -0.15) is 0 Å². The van der Waals surface area contributed by atoms with Crippen LogP contribution in [0.1, 0.15) is 18.4 Å². The Balaban J connectivity index is 1.76. The molecule has 0 aromatic heterocycles. The van der Waals surface area contributed by atoms with Gasteiger partial charge in [0.05, 0.1) is 6.10 Å². The number of benzene rings is 2. The van der Waals surface area contributed by atoms with Crippen LogP contribution in [0, 0.1) is 0 Å². The number of piperidine rings is 1. The van der Waals surface area contributed by atoms with Crippen LogP contribution in [0.5, 0.6) is 0 Å². The summed E-state index contributed by atoms with van der Waals surface area (Å²) < 4.78 is 5.45. The van der Waals surface area contributed by atoms with E-state index in [2.05, 4.69) is 41.3 Å². The first-order valence-electron chi connectivity index (χ1n) is 7.85. The normalized spacial score (nSPS) is 16.8. The number of rotatable bonds is 4. The van der Waals surface area contributed by atoms with Crippen molar-refractivity contribution < 1.29 is 4.74 Å². The molecule has 2 nitrogen and oxygen atoms in total. The zero-order valence-electron chi connectivity index (χ0n) is 13.0. The highest BCUT2D eigenvalue weighted by molar-refractivity contribution is 6.30. The lowest BCUT2D eigenvalue weighted by Gasteiger charge is -2.31. The van der Waals surface area contributed by atoms with Crippen LogP contribution < -0.4 is 0 Å². The molecule has 0 spiro atoms. The quantitative estimate of drug-likeness (QED) is 0.816. The molecule has 0 atom stereocenters. The van der Waals surface area contributed by atoms with Crippen LogP contribution in [-0.4, -0.2) is 31.2 Å². The number of halogens is 1. The Morgan fingerprint density at radius 1 is 1.05 bits per heavy atom. The predicted molar refractivity (Wildman–Crippen MR) is 92.2 cm³/mol. The van der Waals surface area contributed by atoms with Gasteiger partial charge in [0.1, 0.15) is 0 Å². The van der Waals surface area contributed by atoms with Crippen LogP contribution in [-0.2, 0) is 11.3 Å². The Hall–Kier alpha value is -1.35. The summed E-state index contributed by atoms with van der Waals surface area (Å²) in [5, 5.41) is 0.780. The molecule has 0 amide bonds. The maximum absolute atomic E-state index is 6.00. The molecule has 116 valence electrons. The van der Waals surface area contributed by atoms with E-state index in [0.29, 0.717) is 6.10 Å². The molecule has 0 aliphatic carbocycles. The first-order valence-corrected chi connectivity index (χ1v) is 8.23. The van der Waals surface area contributed by atoms with Crippen molar-refractivity contribution in [1.82, 2.24) is 4.90 Å². The topological polar surface area (TPSA) is 12.5 Å². The van der Waals surface area contributed by atoms with Gasteiger partial charge in [-0.1, -0.05) is 48.0 Å². The molecule has 3 heteroatoms. The lowest BCUT2D eigenvalue weighted by atomic mass is 9.98. The summed E-state index contributed by atoms with van der Waals surface area (Å²) in [6.45, 7) is 3.20. The van der Waals surface area contributed by atoms with Gasteiger partial charge in [-0.15, -0.1) is 0 Å². The molecule has 2 aromatic carbocycles. The van der Waals surface area contributed by atoms with E-state index in [1.807, 2.05) is 19.2 Å². The zero-order chi connectivity index (χ0) is 15.4. The smallest absolute Gasteiger partial charge is 0.0595 e. The van der Waals surface area contributed by atoms with Crippen LogP contribution in [0.25, 0.3) is 11.1 Å². The molecule has 0 unspecified atom stereocenters. The van der Waals surface area contributed by atoms with E-state index in [1.165, 1.54) is 16.7 Å². The lowest BCUT2D eigenvalue weighted by molar-refractivity contribution is 0.0389. The fraction of sp³-hybridized carbons (Fsp3) is 0.368. The third-order valence-corrected chi connectivity index (χ3v) is 4.69. The van der Waals surface area contributed by atoms with Crippen molar-refractivity contribution in [3.8, 4) is 11.1 Å². The van der Waals surface area contributed by atoms with Gasteiger partial charge in [-0.05, 0) is 41.7 Å². The summed E-state index contributed by atoms with van der Waals surface area (Å²) in [5.41, 5.74) is 3.90. The summed E-state index contributed by atoms with van der Waals surface area (Å²) in [7, 11) is 1.82. The summed E-state index contributed by atoms with van der Waals surface area (Å²) in [5.74, 6) is 0. The molecule has 1 saturated heterocycles. The number of hydrogen-bond acceptors (Lipinski definition) is 2. The molecular weight excluding hydrogens is 294 g/mol. The van der Waals surface area contributed by atoms with E-state index in [4.69, 9.17) is 16.3 Å². The highest BCUT2D eigenvalue weighted by Crippen LogP contribution is 2.27. The van der Waals surface area contributed by atoms with Crippen LogP contribution in [0.3, 0.4) is 0 Å². The highest BCUT2D eigenvalue weighted by atomic mass is 35.5. The molecule has 3 rings (SSSR count). The largest absolute Gasteiger partial charge is 0.381 e. The van der Waals surface area contributed by atoms with Crippen molar-refractivity contribution in [2.75, 3.05) is 20.2 Å². The Kier molecular flexibility index (Phi) is 5.14. The fourth-order valence-corrected chi connectivity index (χ4v) is 3.24. The first kappa shape index (κ1) is 15.5. The summed E-state index contributed by atoms with van der Waals surface area (Å²) >= 11 is 6.00. The number of ether oxygens (including phenoxy) is 1. The van der Waals surface area contributed by atoms with Crippen molar-refractivity contribution in [1.29, 1.82) is 0 Å². The van der Waals surface area contributed by atoms with Gasteiger partial charge in [-0.25, -0.2) is 0 Å². The van der Waals surface area contributed by atoms with Crippen LogP contribution in [0.4, 0.5) is 0 Å². The minimum atomic E-state index is 0.433. The Bertz CT molecular complexity index is 603. The van der Waals surface area contributed by atoms with E-state index in [-0.39, 0.29) is 0 Å². The SMILES string of the molecule is COC1CCN(Cc2ccccc2-c2ccc(Cl)cc2)CC1. The minimum absolute atomic E-state index is 0.433. The van der Waals surface area contributed by atoms with Gasteiger partial charge in [-0.3, -0.25) is 4.90 Å². The molecule has 0 N–H and O–H groups in total. The lowest BCUT2D eigenvalue weighted by Crippen LogP contribution is -2.36. The molecule has 0 radical (unpaired) electrons. The second-order valence-electron chi connectivity index (χ2n) is 5.88. The average Bonchev–Trinajstić information content (AvgIpc) is 2.57. The molecule has 22 heavy (non-hydrogen) atoms. The van der Waals surface area contributed by atoms with Gasteiger partial charge in [0.15, 0.2) is 0 Å². The number of hydrogen-bond donors (Lipinski definition) is 0. The van der Waals surface area contributed by atoms with Gasteiger partial charge in [0.2, 0.25) is 0 Å². The van der Waals surface area contributed by atoms with E-state index in [9.17, 15) is 0 Å². The summed E-state index contributed by atoms with van der Waals surface area (Å²) in [6, 6.07) is 16.8. The third kappa shape index (κ3) is 3.70. The third-order valence-electron chi connectivity index (χ3n) is 4.43. The molecule has 0 bridgehead atoms.